The minimum Gasteiger partial charge on any atom is -0.349 e. The van der Waals surface area contributed by atoms with Gasteiger partial charge >= 0.3 is 0 Å². The molecule has 1 amide bonds. The number of carbonyl (C=O) groups excluding carboxylic acids is 1. The number of halogens is 1. The van der Waals surface area contributed by atoms with E-state index >= 15 is 0 Å². The molecule has 0 saturated carbocycles. The summed E-state index contributed by atoms with van der Waals surface area (Å²) in [5.74, 6) is 0.261. The van der Waals surface area contributed by atoms with E-state index in [2.05, 4.69) is 5.32 Å². The van der Waals surface area contributed by atoms with E-state index in [1.54, 1.807) is 42.1 Å². The van der Waals surface area contributed by atoms with E-state index in [1.807, 2.05) is 6.92 Å². The highest BCUT2D eigenvalue weighted by atomic mass is 32.2. The van der Waals surface area contributed by atoms with Gasteiger partial charge in [-0.25, -0.2) is 12.8 Å². The Hall–Kier alpha value is -1.90. The van der Waals surface area contributed by atoms with Crippen LogP contribution < -0.4 is 5.32 Å². The van der Waals surface area contributed by atoms with Crippen molar-refractivity contribution in [2.75, 3.05) is 18.8 Å². The molecule has 8 heteroatoms. The van der Waals surface area contributed by atoms with Crippen LogP contribution in [0.1, 0.15) is 36.4 Å². The fraction of sp³-hybridized carbons (Fsp3) is 0.409. The summed E-state index contributed by atoms with van der Waals surface area (Å²) in [4.78, 5) is 14.1. The zero-order valence-electron chi connectivity index (χ0n) is 16.8. The lowest BCUT2D eigenvalue weighted by Gasteiger charge is -2.32. The fourth-order valence-electron chi connectivity index (χ4n) is 4.02. The van der Waals surface area contributed by atoms with Crippen LogP contribution in [0.25, 0.3) is 0 Å². The van der Waals surface area contributed by atoms with Gasteiger partial charge in [-0.15, -0.1) is 11.8 Å². The van der Waals surface area contributed by atoms with Gasteiger partial charge in [0, 0.05) is 29.7 Å². The number of aryl methyl sites for hydroxylation is 1. The Morgan fingerprint density at radius 2 is 1.80 bits per heavy atom. The number of nitrogens with zero attached hydrogens (tertiary/aromatic N) is 1. The van der Waals surface area contributed by atoms with E-state index in [1.165, 1.54) is 16.4 Å². The standard InChI is InChI=1S/C22H25FN2O3S2/c1-15-2-5-18(6-3-15)30(27,28)25-11-8-16(9-12-25)22(26)24-20-10-13-29-21-7-4-17(23)14-19(20)21/h2-7,14,16,20H,8-13H2,1H3,(H,24,26). The highest BCUT2D eigenvalue weighted by Gasteiger charge is 2.33. The molecule has 4 rings (SSSR count). The number of hydrogen-bond donors (Lipinski definition) is 1. The lowest BCUT2D eigenvalue weighted by molar-refractivity contribution is -0.126. The maximum absolute atomic E-state index is 13.7. The van der Waals surface area contributed by atoms with Crippen molar-refractivity contribution in [2.24, 2.45) is 5.92 Å². The maximum atomic E-state index is 13.7. The number of fused-ring (bicyclic) bond motifs is 1. The Balaban J connectivity index is 1.38. The van der Waals surface area contributed by atoms with Crippen molar-refractivity contribution in [3.8, 4) is 0 Å². The Morgan fingerprint density at radius 1 is 1.10 bits per heavy atom. The Morgan fingerprint density at radius 3 is 2.50 bits per heavy atom. The number of sulfonamides is 1. The molecule has 5 nitrogen and oxygen atoms in total. The molecule has 0 aromatic heterocycles. The quantitative estimate of drug-likeness (QED) is 0.771. The van der Waals surface area contributed by atoms with E-state index in [-0.39, 0.29) is 28.6 Å². The summed E-state index contributed by atoms with van der Waals surface area (Å²) >= 11 is 1.67. The fourth-order valence-corrected chi connectivity index (χ4v) is 6.60. The number of benzene rings is 2. The van der Waals surface area contributed by atoms with E-state index < -0.39 is 10.0 Å². The lowest BCUT2D eigenvalue weighted by atomic mass is 9.95. The van der Waals surface area contributed by atoms with Crippen molar-refractivity contribution >= 4 is 27.7 Å². The van der Waals surface area contributed by atoms with Gasteiger partial charge in [0.05, 0.1) is 10.9 Å². The molecule has 1 saturated heterocycles. The monoisotopic (exact) mass is 448 g/mol. The van der Waals surface area contributed by atoms with Gasteiger partial charge < -0.3 is 5.32 Å². The van der Waals surface area contributed by atoms with Crippen molar-refractivity contribution in [3.63, 3.8) is 0 Å². The Bertz CT molecular complexity index is 1030. The average molecular weight is 449 g/mol. The summed E-state index contributed by atoms with van der Waals surface area (Å²) in [5.41, 5.74) is 1.84. The smallest absolute Gasteiger partial charge is 0.243 e. The number of carbonyl (C=O) groups is 1. The van der Waals surface area contributed by atoms with Gasteiger partial charge in [-0.1, -0.05) is 17.7 Å². The zero-order valence-corrected chi connectivity index (χ0v) is 18.4. The summed E-state index contributed by atoms with van der Waals surface area (Å²) in [5, 5.41) is 3.08. The molecule has 2 heterocycles. The zero-order chi connectivity index (χ0) is 21.3. The first kappa shape index (κ1) is 21.3. The highest BCUT2D eigenvalue weighted by Crippen LogP contribution is 2.37. The van der Waals surface area contributed by atoms with Crippen LogP contribution in [0, 0.1) is 18.7 Å². The average Bonchev–Trinajstić information content (AvgIpc) is 2.74. The van der Waals surface area contributed by atoms with Gasteiger partial charge in [0.1, 0.15) is 5.82 Å². The molecular weight excluding hydrogens is 423 g/mol. The van der Waals surface area contributed by atoms with Crippen LogP contribution in [0.2, 0.25) is 0 Å². The van der Waals surface area contributed by atoms with Crippen molar-refractivity contribution in [1.29, 1.82) is 0 Å². The molecule has 1 unspecified atom stereocenters. The summed E-state index contributed by atoms with van der Waals surface area (Å²) in [6.45, 7) is 2.55. The van der Waals surface area contributed by atoms with Gasteiger partial charge in [-0.3, -0.25) is 4.79 Å². The van der Waals surface area contributed by atoms with Crippen LogP contribution in [0.15, 0.2) is 52.3 Å². The maximum Gasteiger partial charge on any atom is 0.243 e. The molecule has 0 bridgehead atoms. The molecule has 30 heavy (non-hydrogen) atoms. The first-order valence-corrected chi connectivity index (χ1v) is 12.6. The number of piperidine rings is 1. The van der Waals surface area contributed by atoms with Crippen LogP contribution in [0.3, 0.4) is 0 Å². The number of hydrogen-bond acceptors (Lipinski definition) is 4. The van der Waals surface area contributed by atoms with Crippen molar-refractivity contribution in [1.82, 2.24) is 9.62 Å². The van der Waals surface area contributed by atoms with Crippen LogP contribution in [0.5, 0.6) is 0 Å². The normalized spacial score (nSPS) is 20.5. The third kappa shape index (κ3) is 4.40. The predicted octanol–water partition coefficient (Wildman–Crippen LogP) is 3.89. The molecule has 1 fully saturated rings. The van der Waals surface area contributed by atoms with Crippen molar-refractivity contribution in [3.05, 3.63) is 59.4 Å². The topological polar surface area (TPSA) is 66.5 Å². The molecular formula is C22H25FN2O3S2. The van der Waals surface area contributed by atoms with E-state index in [0.29, 0.717) is 25.9 Å². The molecule has 160 valence electrons. The van der Waals surface area contributed by atoms with Crippen molar-refractivity contribution in [2.45, 2.75) is 42.0 Å². The minimum atomic E-state index is -3.54. The molecule has 0 aliphatic carbocycles. The number of rotatable bonds is 4. The summed E-state index contributed by atoms with van der Waals surface area (Å²) in [6, 6.07) is 11.3. The third-order valence-electron chi connectivity index (χ3n) is 5.81. The van der Waals surface area contributed by atoms with Gasteiger partial charge in [-0.2, -0.15) is 4.31 Å². The SMILES string of the molecule is Cc1ccc(S(=O)(=O)N2CCC(C(=O)NC3CCSc4ccc(F)cc43)CC2)cc1. The van der Waals surface area contributed by atoms with Crippen molar-refractivity contribution < 1.29 is 17.6 Å². The minimum absolute atomic E-state index is 0.0745. The Kier molecular flexibility index (Phi) is 6.18. The highest BCUT2D eigenvalue weighted by molar-refractivity contribution is 7.99. The predicted molar refractivity (Wildman–Crippen MR) is 115 cm³/mol. The molecule has 2 aromatic carbocycles. The second-order valence-corrected chi connectivity index (χ2v) is 10.9. The molecule has 2 aliphatic rings. The van der Waals surface area contributed by atoms with Gasteiger partial charge in [0.25, 0.3) is 0 Å². The number of amides is 1. The van der Waals surface area contributed by atoms with E-state index in [0.717, 1.165) is 28.2 Å². The van der Waals surface area contributed by atoms with Crippen LogP contribution in [0.4, 0.5) is 4.39 Å². The second kappa shape index (κ2) is 8.69. The lowest BCUT2D eigenvalue weighted by Crippen LogP contribution is -2.44. The first-order valence-electron chi connectivity index (χ1n) is 10.1. The van der Waals surface area contributed by atoms with E-state index in [4.69, 9.17) is 0 Å². The van der Waals surface area contributed by atoms with Gasteiger partial charge in [0.2, 0.25) is 15.9 Å². The largest absolute Gasteiger partial charge is 0.349 e. The first-order chi connectivity index (χ1) is 14.3. The summed E-state index contributed by atoms with van der Waals surface area (Å²) in [6.07, 6.45) is 1.72. The van der Waals surface area contributed by atoms with Gasteiger partial charge in [-0.05, 0) is 62.1 Å². The Labute approximate surface area is 181 Å². The number of nitrogens with one attached hydrogen (secondary N) is 1. The van der Waals surface area contributed by atoms with Crippen LogP contribution in [-0.2, 0) is 14.8 Å². The summed E-state index contributed by atoms with van der Waals surface area (Å²) < 4.78 is 40.9. The number of thioether (sulfide) groups is 1. The molecule has 0 spiro atoms. The molecule has 0 radical (unpaired) electrons. The van der Waals surface area contributed by atoms with Crippen LogP contribution in [-0.4, -0.2) is 37.5 Å². The molecule has 1 N–H and O–H groups in total. The third-order valence-corrected chi connectivity index (χ3v) is 8.85. The molecule has 1 atom stereocenters. The summed E-state index contributed by atoms with van der Waals surface area (Å²) in [7, 11) is -3.54. The second-order valence-electron chi connectivity index (χ2n) is 7.87. The van der Waals surface area contributed by atoms with Gasteiger partial charge in [0.15, 0.2) is 0 Å². The van der Waals surface area contributed by atoms with E-state index in [9.17, 15) is 17.6 Å². The molecule has 2 aliphatic heterocycles. The van der Waals surface area contributed by atoms with Crippen LogP contribution >= 0.6 is 11.8 Å². The molecule has 2 aromatic rings.